The number of phenolic OH excluding ortho intramolecular Hbond substituents is 1. The van der Waals surface area contributed by atoms with Gasteiger partial charge in [-0.1, -0.05) is 12.1 Å². The van der Waals surface area contributed by atoms with Crippen LogP contribution in [0.3, 0.4) is 0 Å². The van der Waals surface area contributed by atoms with E-state index < -0.39 is 0 Å². The summed E-state index contributed by atoms with van der Waals surface area (Å²) in [5.74, 6) is -0.313. The van der Waals surface area contributed by atoms with Crippen molar-refractivity contribution in [1.29, 1.82) is 0 Å². The number of hydrogen-bond donors (Lipinski definition) is 2. The van der Waals surface area contributed by atoms with Gasteiger partial charge in [-0.25, -0.2) is 0 Å². The average molecular weight is 242 g/mol. The first-order valence-corrected chi connectivity index (χ1v) is 5.64. The molecule has 2 aromatic rings. The van der Waals surface area contributed by atoms with Gasteiger partial charge in [0.05, 0.1) is 17.8 Å². The Morgan fingerprint density at radius 2 is 2.17 bits per heavy atom. The van der Waals surface area contributed by atoms with Crippen molar-refractivity contribution in [3.63, 3.8) is 0 Å². The molecule has 1 amide bonds. The van der Waals surface area contributed by atoms with E-state index in [1.54, 1.807) is 24.4 Å². The first-order chi connectivity index (χ1) is 8.66. The van der Waals surface area contributed by atoms with E-state index in [0.29, 0.717) is 6.54 Å². The van der Waals surface area contributed by atoms with Crippen molar-refractivity contribution in [2.75, 3.05) is 0 Å². The first-order valence-electron chi connectivity index (χ1n) is 5.64. The van der Waals surface area contributed by atoms with Gasteiger partial charge in [-0.2, -0.15) is 0 Å². The van der Waals surface area contributed by atoms with Crippen LogP contribution in [0.15, 0.2) is 42.6 Å². The highest BCUT2D eigenvalue weighted by Crippen LogP contribution is 2.18. The summed E-state index contributed by atoms with van der Waals surface area (Å²) < 4.78 is 0. The maximum atomic E-state index is 11.9. The molecule has 0 radical (unpaired) electrons. The first kappa shape index (κ1) is 12.1. The summed E-state index contributed by atoms with van der Waals surface area (Å²) in [5.41, 5.74) is 1.96. The van der Waals surface area contributed by atoms with E-state index in [0.717, 1.165) is 11.3 Å². The van der Waals surface area contributed by atoms with Crippen molar-refractivity contribution >= 4 is 5.91 Å². The summed E-state index contributed by atoms with van der Waals surface area (Å²) in [6.07, 6.45) is 1.67. The van der Waals surface area contributed by atoms with Crippen molar-refractivity contribution in [2.24, 2.45) is 0 Å². The number of phenols is 1. The van der Waals surface area contributed by atoms with E-state index >= 15 is 0 Å². The van der Waals surface area contributed by atoms with E-state index in [1.165, 1.54) is 0 Å². The fraction of sp³-hybridized carbons (Fsp3) is 0.143. The van der Waals surface area contributed by atoms with Gasteiger partial charge in [-0.3, -0.25) is 9.78 Å². The zero-order chi connectivity index (χ0) is 13.0. The molecule has 0 unspecified atom stereocenters. The molecule has 0 bridgehead atoms. The molecular weight excluding hydrogens is 228 g/mol. The van der Waals surface area contributed by atoms with Gasteiger partial charge in [0.15, 0.2) is 0 Å². The Hall–Kier alpha value is -2.36. The van der Waals surface area contributed by atoms with E-state index in [9.17, 15) is 9.90 Å². The fourth-order valence-electron chi connectivity index (χ4n) is 1.60. The number of amides is 1. The molecule has 4 heteroatoms. The molecule has 0 aliphatic carbocycles. The zero-order valence-electron chi connectivity index (χ0n) is 10.1. The van der Waals surface area contributed by atoms with Crippen LogP contribution in [-0.2, 0) is 6.54 Å². The van der Waals surface area contributed by atoms with Gasteiger partial charge < -0.3 is 10.4 Å². The highest BCUT2D eigenvalue weighted by molar-refractivity contribution is 5.96. The summed E-state index contributed by atoms with van der Waals surface area (Å²) in [7, 11) is 0. The lowest BCUT2D eigenvalue weighted by atomic mass is 10.1. The lowest BCUT2D eigenvalue weighted by Gasteiger charge is -2.07. The van der Waals surface area contributed by atoms with Crippen LogP contribution in [0, 0.1) is 6.92 Å². The lowest BCUT2D eigenvalue weighted by Crippen LogP contribution is -2.23. The molecule has 2 N–H and O–H groups in total. The Morgan fingerprint density at radius 3 is 2.83 bits per heavy atom. The molecule has 0 fully saturated rings. The molecule has 1 heterocycles. The number of pyridine rings is 1. The third-order valence-electron chi connectivity index (χ3n) is 2.55. The quantitative estimate of drug-likeness (QED) is 0.865. The van der Waals surface area contributed by atoms with E-state index in [1.807, 2.05) is 25.1 Å². The van der Waals surface area contributed by atoms with Crippen molar-refractivity contribution < 1.29 is 9.90 Å². The van der Waals surface area contributed by atoms with Gasteiger partial charge in [0.1, 0.15) is 5.75 Å². The SMILES string of the molecule is Cc1ccc(C(=O)NCc2ccccn2)c(O)c1. The highest BCUT2D eigenvalue weighted by atomic mass is 16.3. The van der Waals surface area contributed by atoms with Gasteiger partial charge >= 0.3 is 0 Å². The normalized spacial score (nSPS) is 10.1. The number of nitrogens with one attached hydrogen (secondary N) is 1. The molecule has 1 aromatic heterocycles. The van der Waals surface area contributed by atoms with Gasteiger partial charge in [0.2, 0.25) is 0 Å². The number of aromatic nitrogens is 1. The number of nitrogens with zero attached hydrogens (tertiary/aromatic N) is 1. The summed E-state index contributed by atoms with van der Waals surface area (Å²) in [6, 6.07) is 10.5. The smallest absolute Gasteiger partial charge is 0.255 e. The minimum atomic E-state index is -0.307. The minimum Gasteiger partial charge on any atom is -0.507 e. The second-order valence-corrected chi connectivity index (χ2v) is 4.02. The van der Waals surface area contributed by atoms with Crippen LogP contribution in [0.2, 0.25) is 0 Å². The van der Waals surface area contributed by atoms with Crippen LogP contribution in [0.1, 0.15) is 21.6 Å². The Balaban J connectivity index is 2.04. The van der Waals surface area contributed by atoms with Gasteiger partial charge in [-0.15, -0.1) is 0 Å². The summed E-state index contributed by atoms with van der Waals surface area (Å²) in [5, 5.41) is 12.4. The van der Waals surface area contributed by atoms with Crippen molar-refractivity contribution in [3.05, 3.63) is 59.4 Å². The molecular formula is C14H14N2O2. The van der Waals surface area contributed by atoms with E-state index in [2.05, 4.69) is 10.3 Å². The molecule has 2 rings (SSSR count). The Kier molecular flexibility index (Phi) is 3.57. The largest absolute Gasteiger partial charge is 0.507 e. The fourth-order valence-corrected chi connectivity index (χ4v) is 1.60. The second kappa shape index (κ2) is 5.31. The van der Waals surface area contributed by atoms with Gasteiger partial charge in [0.25, 0.3) is 5.91 Å². The lowest BCUT2D eigenvalue weighted by molar-refractivity contribution is 0.0948. The molecule has 0 spiro atoms. The summed E-state index contributed by atoms with van der Waals surface area (Å²) in [4.78, 5) is 16.0. The van der Waals surface area contributed by atoms with Crippen LogP contribution in [0.4, 0.5) is 0 Å². The molecule has 1 aromatic carbocycles. The van der Waals surface area contributed by atoms with E-state index in [-0.39, 0.29) is 17.2 Å². The molecule has 0 aliphatic rings. The summed E-state index contributed by atoms with van der Waals surface area (Å²) in [6.45, 7) is 2.20. The number of aromatic hydroxyl groups is 1. The molecule has 0 aliphatic heterocycles. The van der Waals surface area contributed by atoms with Gasteiger partial charge in [-0.05, 0) is 36.8 Å². The minimum absolute atomic E-state index is 0.00600. The molecule has 0 saturated heterocycles. The highest BCUT2D eigenvalue weighted by Gasteiger charge is 2.10. The van der Waals surface area contributed by atoms with Crippen molar-refractivity contribution in [3.8, 4) is 5.75 Å². The average Bonchev–Trinajstić information content (AvgIpc) is 2.37. The van der Waals surface area contributed by atoms with Crippen molar-refractivity contribution in [2.45, 2.75) is 13.5 Å². The Morgan fingerprint density at radius 1 is 1.33 bits per heavy atom. The van der Waals surface area contributed by atoms with Crippen LogP contribution in [0.5, 0.6) is 5.75 Å². The maximum absolute atomic E-state index is 11.9. The number of aryl methyl sites for hydroxylation is 1. The number of carbonyl (C=O) groups excluding carboxylic acids is 1. The Bertz CT molecular complexity index is 553. The number of rotatable bonds is 3. The van der Waals surface area contributed by atoms with E-state index in [4.69, 9.17) is 0 Å². The van der Waals surface area contributed by atoms with Crippen molar-refractivity contribution in [1.82, 2.24) is 10.3 Å². The monoisotopic (exact) mass is 242 g/mol. The van der Waals surface area contributed by atoms with Gasteiger partial charge in [0, 0.05) is 6.20 Å². The topological polar surface area (TPSA) is 62.2 Å². The predicted octanol–water partition coefficient (Wildman–Crippen LogP) is 2.03. The van der Waals surface area contributed by atoms with Crippen LogP contribution >= 0.6 is 0 Å². The molecule has 18 heavy (non-hydrogen) atoms. The standard InChI is InChI=1S/C14H14N2O2/c1-10-5-6-12(13(17)8-10)14(18)16-9-11-4-2-3-7-15-11/h2-8,17H,9H2,1H3,(H,16,18). The number of hydrogen-bond acceptors (Lipinski definition) is 3. The molecule has 0 saturated carbocycles. The summed E-state index contributed by atoms with van der Waals surface area (Å²) >= 11 is 0. The number of benzene rings is 1. The van der Waals surface area contributed by atoms with Crippen LogP contribution in [-0.4, -0.2) is 16.0 Å². The zero-order valence-corrected chi connectivity index (χ0v) is 10.1. The second-order valence-electron chi connectivity index (χ2n) is 4.02. The van der Waals surface area contributed by atoms with Crippen LogP contribution < -0.4 is 5.32 Å². The maximum Gasteiger partial charge on any atom is 0.255 e. The third-order valence-corrected chi connectivity index (χ3v) is 2.55. The third kappa shape index (κ3) is 2.85. The molecule has 4 nitrogen and oxygen atoms in total. The molecule has 92 valence electrons. The Labute approximate surface area is 105 Å². The predicted molar refractivity (Wildman–Crippen MR) is 68.3 cm³/mol. The van der Waals surface area contributed by atoms with Crippen LogP contribution in [0.25, 0.3) is 0 Å². The molecule has 0 atom stereocenters. The number of carbonyl (C=O) groups is 1.